The van der Waals surface area contributed by atoms with Gasteiger partial charge in [0.05, 0.1) is 0 Å². The quantitative estimate of drug-likeness (QED) is 0.754. The Hall–Kier alpha value is 0.270. The maximum Gasteiger partial charge on any atom is 0.00937 e. The van der Waals surface area contributed by atoms with E-state index in [4.69, 9.17) is 0 Å². The minimum Gasteiger partial charge on any atom is -0.317 e. The molecule has 3 heteroatoms. The molecule has 0 aliphatic heterocycles. The molecule has 0 spiro atoms. The molecule has 0 heterocycles. The summed E-state index contributed by atoms with van der Waals surface area (Å²) in [6.07, 6.45) is 7.63. The first kappa shape index (κ1) is 12.3. The van der Waals surface area contributed by atoms with Gasteiger partial charge in [-0.15, -0.1) is 0 Å². The molecule has 1 aliphatic rings. The highest BCUT2D eigenvalue weighted by Crippen LogP contribution is 2.22. The summed E-state index contributed by atoms with van der Waals surface area (Å²) >= 11 is 1.94. The minimum absolute atomic E-state index is 0.778. The molecule has 0 amide bonds. The highest BCUT2D eigenvalue weighted by molar-refractivity contribution is 7.98. The van der Waals surface area contributed by atoms with Crippen LogP contribution in [-0.2, 0) is 0 Å². The molecule has 14 heavy (non-hydrogen) atoms. The summed E-state index contributed by atoms with van der Waals surface area (Å²) in [5.41, 5.74) is 0. The van der Waals surface area contributed by atoms with E-state index in [1.54, 1.807) is 0 Å². The summed E-state index contributed by atoms with van der Waals surface area (Å²) in [7, 11) is 4.36. The van der Waals surface area contributed by atoms with E-state index in [0.29, 0.717) is 0 Å². The van der Waals surface area contributed by atoms with Crippen LogP contribution in [0.4, 0.5) is 0 Å². The standard InChI is InChI=1S/C11H24N2S/c1-12-10-4-6-11(7-5-10)13(2)8-9-14-3/h10-12H,4-9H2,1-3H3. The van der Waals surface area contributed by atoms with Crippen LogP contribution in [0.1, 0.15) is 25.7 Å². The maximum absolute atomic E-state index is 3.38. The molecule has 1 saturated carbocycles. The second-order valence-corrected chi connectivity index (χ2v) is 5.25. The first-order valence-electron chi connectivity index (χ1n) is 5.64. The SMILES string of the molecule is CNC1CCC(N(C)CCSC)CC1. The Balaban J connectivity index is 2.19. The molecule has 1 fully saturated rings. The number of hydrogen-bond donors (Lipinski definition) is 1. The fraction of sp³-hybridized carbons (Fsp3) is 1.00. The van der Waals surface area contributed by atoms with Crippen LogP contribution in [0.15, 0.2) is 0 Å². The van der Waals surface area contributed by atoms with Crippen LogP contribution in [-0.4, -0.2) is 49.6 Å². The second-order valence-electron chi connectivity index (χ2n) is 4.27. The molecule has 84 valence electrons. The fourth-order valence-corrected chi connectivity index (χ4v) is 2.69. The smallest absolute Gasteiger partial charge is 0.00937 e. The van der Waals surface area contributed by atoms with E-state index in [0.717, 1.165) is 12.1 Å². The van der Waals surface area contributed by atoms with Gasteiger partial charge in [-0.2, -0.15) is 11.8 Å². The van der Waals surface area contributed by atoms with Gasteiger partial charge < -0.3 is 10.2 Å². The van der Waals surface area contributed by atoms with Crippen molar-refractivity contribution in [2.75, 3.05) is 32.6 Å². The number of hydrogen-bond acceptors (Lipinski definition) is 3. The molecule has 1 rings (SSSR count). The Morgan fingerprint density at radius 2 is 1.93 bits per heavy atom. The molecule has 0 saturated heterocycles. The van der Waals surface area contributed by atoms with E-state index in [-0.39, 0.29) is 0 Å². The van der Waals surface area contributed by atoms with Crippen LogP contribution < -0.4 is 5.32 Å². The topological polar surface area (TPSA) is 15.3 Å². The Morgan fingerprint density at radius 1 is 1.29 bits per heavy atom. The molecular formula is C11H24N2S. The predicted octanol–water partition coefficient (Wildman–Crippen LogP) is 1.81. The van der Waals surface area contributed by atoms with Gasteiger partial charge in [0.2, 0.25) is 0 Å². The lowest BCUT2D eigenvalue weighted by molar-refractivity contribution is 0.185. The first-order valence-corrected chi connectivity index (χ1v) is 7.03. The lowest BCUT2D eigenvalue weighted by Gasteiger charge is -2.34. The van der Waals surface area contributed by atoms with E-state index >= 15 is 0 Å². The van der Waals surface area contributed by atoms with Crippen molar-refractivity contribution >= 4 is 11.8 Å². The summed E-state index contributed by atoms with van der Waals surface area (Å²) in [5, 5.41) is 3.38. The summed E-state index contributed by atoms with van der Waals surface area (Å²) in [5.74, 6) is 1.27. The Labute approximate surface area is 92.8 Å². The van der Waals surface area contributed by atoms with Crippen molar-refractivity contribution < 1.29 is 0 Å². The zero-order valence-electron chi connectivity index (χ0n) is 9.75. The van der Waals surface area contributed by atoms with Crippen molar-refractivity contribution in [1.29, 1.82) is 0 Å². The number of rotatable bonds is 5. The van der Waals surface area contributed by atoms with E-state index in [9.17, 15) is 0 Å². The molecular weight excluding hydrogens is 192 g/mol. The van der Waals surface area contributed by atoms with Crippen LogP contribution >= 0.6 is 11.8 Å². The number of nitrogens with one attached hydrogen (secondary N) is 1. The molecule has 0 unspecified atom stereocenters. The van der Waals surface area contributed by atoms with E-state index < -0.39 is 0 Å². The molecule has 0 atom stereocenters. The van der Waals surface area contributed by atoms with Gasteiger partial charge in [-0.3, -0.25) is 0 Å². The maximum atomic E-state index is 3.38. The first-order chi connectivity index (χ1) is 6.77. The van der Waals surface area contributed by atoms with Crippen molar-refractivity contribution in [2.24, 2.45) is 0 Å². The minimum atomic E-state index is 0.778. The monoisotopic (exact) mass is 216 g/mol. The third kappa shape index (κ3) is 3.79. The van der Waals surface area contributed by atoms with Gasteiger partial charge in [-0.25, -0.2) is 0 Å². The summed E-state index contributed by atoms with van der Waals surface area (Å²) in [6, 6.07) is 1.62. The van der Waals surface area contributed by atoms with Gasteiger partial charge in [0, 0.05) is 24.4 Å². The third-order valence-corrected chi connectivity index (χ3v) is 3.97. The molecule has 0 aromatic rings. The number of thioether (sulfide) groups is 1. The Kier molecular flexibility index (Phi) is 5.90. The van der Waals surface area contributed by atoms with E-state index in [1.807, 2.05) is 11.8 Å². The fourth-order valence-electron chi connectivity index (χ4n) is 2.22. The van der Waals surface area contributed by atoms with Crippen molar-refractivity contribution in [3.63, 3.8) is 0 Å². The van der Waals surface area contributed by atoms with Gasteiger partial charge in [0.25, 0.3) is 0 Å². The molecule has 0 bridgehead atoms. The predicted molar refractivity (Wildman–Crippen MR) is 66.1 cm³/mol. The third-order valence-electron chi connectivity index (χ3n) is 3.38. The summed E-state index contributed by atoms with van der Waals surface area (Å²) < 4.78 is 0. The number of nitrogens with zero attached hydrogens (tertiary/aromatic N) is 1. The van der Waals surface area contributed by atoms with Crippen LogP contribution in [0.3, 0.4) is 0 Å². The molecule has 1 N–H and O–H groups in total. The lowest BCUT2D eigenvalue weighted by atomic mass is 9.90. The second kappa shape index (κ2) is 6.70. The van der Waals surface area contributed by atoms with Crippen molar-refractivity contribution in [1.82, 2.24) is 10.2 Å². The lowest BCUT2D eigenvalue weighted by Crippen LogP contribution is -2.40. The van der Waals surface area contributed by atoms with Crippen LogP contribution in [0, 0.1) is 0 Å². The molecule has 1 aliphatic carbocycles. The van der Waals surface area contributed by atoms with Gasteiger partial charge in [-0.1, -0.05) is 0 Å². The van der Waals surface area contributed by atoms with Crippen LogP contribution in [0.25, 0.3) is 0 Å². The molecule has 2 nitrogen and oxygen atoms in total. The molecule has 0 aromatic heterocycles. The summed E-state index contributed by atoms with van der Waals surface area (Å²) in [6.45, 7) is 1.25. The van der Waals surface area contributed by atoms with E-state index in [2.05, 4.69) is 30.6 Å². The van der Waals surface area contributed by atoms with Crippen LogP contribution in [0.5, 0.6) is 0 Å². The molecule has 0 radical (unpaired) electrons. The highest BCUT2D eigenvalue weighted by atomic mass is 32.2. The normalized spacial score (nSPS) is 28.3. The Morgan fingerprint density at radius 3 is 2.43 bits per heavy atom. The van der Waals surface area contributed by atoms with Gasteiger partial charge in [0.1, 0.15) is 0 Å². The van der Waals surface area contributed by atoms with Crippen LogP contribution in [0.2, 0.25) is 0 Å². The average Bonchev–Trinajstić information content (AvgIpc) is 2.26. The molecule has 0 aromatic carbocycles. The average molecular weight is 216 g/mol. The van der Waals surface area contributed by atoms with Gasteiger partial charge in [0.15, 0.2) is 0 Å². The van der Waals surface area contributed by atoms with E-state index in [1.165, 1.54) is 38.0 Å². The van der Waals surface area contributed by atoms with Gasteiger partial charge >= 0.3 is 0 Å². The largest absolute Gasteiger partial charge is 0.317 e. The zero-order chi connectivity index (χ0) is 10.4. The Bertz CT molecular complexity index is 144. The van der Waals surface area contributed by atoms with Crippen molar-refractivity contribution in [3.8, 4) is 0 Å². The summed E-state index contributed by atoms with van der Waals surface area (Å²) in [4.78, 5) is 2.54. The van der Waals surface area contributed by atoms with Crippen molar-refractivity contribution in [2.45, 2.75) is 37.8 Å². The highest BCUT2D eigenvalue weighted by Gasteiger charge is 2.22. The van der Waals surface area contributed by atoms with Gasteiger partial charge in [-0.05, 0) is 46.0 Å². The van der Waals surface area contributed by atoms with Crippen molar-refractivity contribution in [3.05, 3.63) is 0 Å². The zero-order valence-corrected chi connectivity index (χ0v) is 10.6.